The summed E-state index contributed by atoms with van der Waals surface area (Å²) in [4.78, 5) is 0. The zero-order valence-corrected chi connectivity index (χ0v) is 13.6. The van der Waals surface area contributed by atoms with E-state index >= 15 is 0 Å². The average Bonchev–Trinajstić information content (AvgIpc) is 2.37. The number of aliphatic hydroxyl groups excluding tert-OH is 1. The van der Waals surface area contributed by atoms with E-state index in [4.69, 9.17) is 9.47 Å². The lowest BCUT2D eigenvalue weighted by Gasteiger charge is -2.38. The molecule has 0 fully saturated rings. The summed E-state index contributed by atoms with van der Waals surface area (Å²) in [6, 6.07) is 7.84. The SMILES string of the molecule is COc1cccc(COCC(C)(C)C(O)C(C)(C)C)c1. The van der Waals surface area contributed by atoms with Gasteiger partial charge in [-0.3, -0.25) is 0 Å². The molecule has 0 aliphatic rings. The van der Waals surface area contributed by atoms with Crippen LogP contribution in [-0.2, 0) is 11.3 Å². The van der Waals surface area contributed by atoms with Crippen LogP contribution in [0.2, 0.25) is 0 Å². The van der Waals surface area contributed by atoms with Crippen molar-refractivity contribution in [3.05, 3.63) is 29.8 Å². The lowest BCUT2D eigenvalue weighted by Crippen LogP contribution is -2.42. The van der Waals surface area contributed by atoms with Gasteiger partial charge in [0.15, 0.2) is 0 Å². The van der Waals surface area contributed by atoms with Crippen LogP contribution in [0.15, 0.2) is 24.3 Å². The quantitative estimate of drug-likeness (QED) is 0.864. The van der Waals surface area contributed by atoms with E-state index in [1.54, 1.807) is 7.11 Å². The fourth-order valence-electron chi connectivity index (χ4n) is 2.45. The molecule has 1 atom stereocenters. The van der Waals surface area contributed by atoms with Gasteiger partial charge in [0.05, 0.1) is 26.4 Å². The molecule has 0 aromatic heterocycles. The summed E-state index contributed by atoms with van der Waals surface area (Å²) >= 11 is 0. The number of methoxy groups -OCH3 is 1. The van der Waals surface area contributed by atoms with E-state index in [2.05, 4.69) is 0 Å². The molecule has 0 saturated heterocycles. The molecule has 1 aromatic carbocycles. The van der Waals surface area contributed by atoms with Gasteiger partial charge in [0.2, 0.25) is 0 Å². The smallest absolute Gasteiger partial charge is 0.119 e. The summed E-state index contributed by atoms with van der Waals surface area (Å²) in [5.74, 6) is 0.833. The third-order valence-corrected chi connectivity index (χ3v) is 3.44. The fourth-order valence-corrected chi connectivity index (χ4v) is 2.45. The van der Waals surface area contributed by atoms with E-state index in [0.717, 1.165) is 11.3 Å². The molecule has 1 rings (SSSR count). The summed E-state index contributed by atoms with van der Waals surface area (Å²) < 4.78 is 11.0. The van der Waals surface area contributed by atoms with Gasteiger partial charge in [0.25, 0.3) is 0 Å². The normalized spacial score (nSPS) is 14.2. The van der Waals surface area contributed by atoms with E-state index in [9.17, 15) is 5.11 Å². The molecule has 0 heterocycles. The Morgan fingerprint density at radius 1 is 1.15 bits per heavy atom. The lowest BCUT2D eigenvalue weighted by atomic mass is 9.73. The van der Waals surface area contributed by atoms with Crippen LogP contribution < -0.4 is 4.74 Å². The van der Waals surface area contributed by atoms with E-state index in [0.29, 0.717) is 13.2 Å². The standard InChI is InChI=1S/C17H28O3/c1-16(2,3)15(18)17(4,5)12-20-11-13-8-7-9-14(10-13)19-6/h7-10,15,18H,11-12H2,1-6H3. The van der Waals surface area contributed by atoms with Crippen molar-refractivity contribution in [2.45, 2.75) is 47.3 Å². The van der Waals surface area contributed by atoms with E-state index in [1.807, 2.05) is 58.9 Å². The number of benzene rings is 1. The van der Waals surface area contributed by atoms with Crippen LogP contribution in [0.1, 0.15) is 40.2 Å². The summed E-state index contributed by atoms with van der Waals surface area (Å²) in [5, 5.41) is 10.4. The zero-order valence-electron chi connectivity index (χ0n) is 13.6. The molecule has 0 aliphatic heterocycles. The topological polar surface area (TPSA) is 38.7 Å². The van der Waals surface area contributed by atoms with Crippen LogP contribution in [0.5, 0.6) is 5.75 Å². The maximum Gasteiger partial charge on any atom is 0.119 e. The first kappa shape index (κ1) is 17.0. The second-order valence-electron chi connectivity index (χ2n) is 7.10. The third kappa shape index (κ3) is 4.80. The lowest BCUT2D eigenvalue weighted by molar-refractivity contribution is -0.0772. The van der Waals surface area contributed by atoms with E-state index in [1.165, 1.54) is 0 Å². The molecule has 114 valence electrons. The van der Waals surface area contributed by atoms with Gasteiger partial charge in [-0.25, -0.2) is 0 Å². The van der Waals surface area contributed by atoms with Crippen LogP contribution in [0.25, 0.3) is 0 Å². The van der Waals surface area contributed by atoms with Gasteiger partial charge in [-0.15, -0.1) is 0 Å². The summed E-state index contributed by atoms with van der Waals surface area (Å²) in [5.41, 5.74) is 0.644. The number of hydrogen-bond acceptors (Lipinski definition) is 3. The molecular weight excluding hydrogens is 252 g/mol. The largest absolute Gasteiger partial charge is 0.497 e. The predicted octanol–water partition coefficient (Wildman–Crippen LogP) is 3.65. The fraction of sp³-hybridized carbons (Fsp3) is 0.647. The Morgan fingerprint density at radius 3 is 2.35 bits per heavy atom. The molecule has 0 spiro atoms. The second-order valence-corrected chi connectivity index (χ2v) is 7.10. The number of rotatable bonds is 6. The first-order valence-electron chi connectivity index (χ1n) is 7.05. The van der Waals surface area contributed by atoms with Crippen molar-refractivity contribution in [3.8, 4) is 5.75 Å². The van der Waals surface area contributed by atoms with Gasteiger partial charge in [0.1, 0.15) is 5.75 Å². The van der Waals surface area contributed by atoms with Crippen molar-refractivity contribution < 1.29 is 14.6 Å². The molecule has 3 nitrogen and oxygen atoms in total. The molecule has 20 heavy (non-hydrogen) atoms. The summed E-state index contributed by atoms with van der Waals surface area (Å²) in [6.07, 6.45) is -0.416. The molecule has 0 saturated carbocycles. The first-order valence-corrected chi connectivity index (χ1v) is 7.05. The number of hydrogen-bond donors (Lipinski definition) is 1. The highest BCUT2D eigenvalue weighted by Crippen LogP contribution is 2.34. The minimum atomic E-state index is -0.416. The van der Waals surface area contributed by atoms with E-state index < -0.39 is 6.10 Å². The van der Waals surface area contributed by atoms with Gasteiger partial charge in [-0.1, -0.05) is 46.8 Å². The Labute approximate surface area is 122 Å². The minimum absolute atomic E-state index is 0.150. The molecular formula is C17H28O3. The number of ether oxygens (including phenoxy) is 2. The van der Waals surface area contributed by atoms with Crippen LogP contribution in [0, 0.1) is 10.8 Å². The number of aliphatic hydroxyl groups is 1. The Balaban J connectivity index is 2.54. The van der Waals surface area contributed by atoms with Gasteiger partial charge < -0.3 is 14.6 Å². The van der Waals surface area contributed by atoms with Crippen LogP contribution in [-0.4, -0.2) is 24.9 Å². The van der Waals surface area contributed by atoms with Crippen LogP contribution in [0.4, 0.5) is 0 Å². The summed E-state index contributed by atoms with van der Waals surface area (Å²) in [6.45, 7) is 11.2. The molecule has 3 heteroatoms. The van der Waals surface area contributed by atoms with Crippen molar-refractivity contribution in [3.63, 3.8) is 0 Å². The highest BCUT2D eigenvalue weighted by molar-refractivity contribution is 5.27. The van der Waals surface area contributed by atoms with Gasteiger partial charge >= 0.3 is 0 Å². The first-order chi connectivity index (χ1) is 9.16. The highest BCUT2D eigenvalue weighted by atomic mass is 16.5. The Morgan fingerprint density at radius 2 is 1.80 bits per heavy atom. The molecule has 0 radical (unpaired) electrons. The Kier molecular flexibility index (Phi) is 5.60. The van der Waals surface area contributed by atoms with Gasteiger partial charge in [-0.05, 0) is 23.1 Å². The van der Waals surface area contributed by atoms with E-state index in [-0.39, 0.29) is 10.8 Å². The second kappa shape index (κ2) is 6.59. The Hall–Kier alpha value is -1.06. The molecule has 0 amide bonds. The van der Waals surface area contributed by atoms with Crippen molar-refractivity contribution in [1.82, 2.24) is 0 Å². The van der Waals surface area contributed by atoms with Crippen molar-refractivity contribution in [2.24, 2.45) is 10.8 Å². The molecule has 1 aromatic rings. The maximum absolute atomic E-state index is 10.4. The molecule has 1 N–H and O–H groups in total. The monoisotopic (exact) mass is 280 g/mol. The van der Waals surface area contributed by atoms with Crippen molar-refractivity contribution >= 4 is 0 Å². The van der Waals surface area contributed by atoms with Crippen molar-refractivity contribution in [1.29, 1.82) is 0 Å². The zero-order chi connectivity index (χ0) is 15.4. The molecule has 1 unspecified atom stereocenters. The average molecular weight is 280 g/mol. The minimum Gasteiger partial charge on any atom is -0.497 e. The van der Waals surface area contributed by atoms with Gasteiger partial charge in [0, 0.05) is 5.41 Å². The Bertz CT molecular complexity index is 418. The third-order valence-electron chi connectivity index (χ3n) is 3.44. The highest BCUT2D eigenvalue weighted by Gasteiger charge is 2.36. The van der Waals surface area contributed by atoms with Crippen LogP contribution in [0.3, 0.4) is 0 Å². The maximum atomic E-state index is 10.4. The summed E-state index contributed by atoms with van der Waals surface area (Å²) in [7, 11) is 1.66. The predicted molar refractivity (Wildman–Crippen MR) is 81.9 cm³/mol. The molecule has 0 bridgehead atoms. The van der Waals surface area contributed by atoms with Crippen molar-refractivity contribution in [2.75, 3.05) is 13.7 Å². The molecule has 0 aliphatic carbocycles. The van der Waals surface area contributed by atoms with Crippen LogP contribution >= 0.6 is 0 Å². The van der Waals surface area contributed by atoms with Gasteiger partial charge in [-0.2, -0.15) is 0 Å².